The molecule has 1 heterocycles. The summed E-state index contributed by atoms with van der Waals surface area (Å²) in [6, 6.07) is 3.44. The minimum Gasteiger partial charge on any atom is -0.507 e. The number of carbonyl (C=O) groups is 2. The molecule has 102 valence electrons. The summed E-state index contributed by atoms with van der Waals surface area (Å²) < 4.78 is 5.70. The summed E-state index contributed by atoms with van der Waals surface area (Å²) >= 11 is 3.18. The third kappa shape index (κ3) is 2.87. The maximum Gasteiger partial charge on any atom is 0.328 e. The Morgan fingerprint density at radius 3 is 2.79 bits per heavy atom. The number of hydrogen-bond acceptors (Lipinski definition) is 4. The standard InChI is InChI=1S/C12H12BrNO5/c13-7-1-2-8(10(15)5-7)11(16)14-3-4-19-6-9(14)12(17)18/h1-2,5,9,15H,3-4,6H2,(H,17,18). The number of phenols is 1. The molecule has 1 aromatic rings. The van der Waals surface area contributed by atoms with Crippen molar-refractivity contribution in [3.63, 3.8) is 0 Å². The van der Waals surface area contributed by atoms with Gasteiger partial charge in [-0.05, 0) is 18.2 Å². The summed E-state index contributed by atoms with van der Waals surface area (Å²) in [6.45, 7) is 0.427. The van der Waals surface area contributed by atoms with Gasteiger partial charge in [0.2, 0.25) is 0 Å². The number of aromatic hydroxyl groups is 1. The molecule has 0 aromatic heterocycles. The lowest BCUT2D eigenvalue weighted by atomic mass is 10.1. The molecule has 1 unspecified atom stereocenters. The quantitative estimate of drug-likeness (QED) is 0.847. The van der Waals surface area contributed by atoms with E-state index in [1.807, 2.05) is 0 Å². The van der Waals surface area contributed by atoms with Crippen LogP contribution < -0.4 is 0 Å². The number of halogens is 1. The zero-order chi connectivity index (χ0) is 14.0. The average Bonchev–Trinajstić information content (AvgIpc) is 2.38. The normalized spacial score (nSPS) is 19.2. The molecule has 1 saturated heterocycles. The van der Waals surface area contributed by atoms with Crippen molar-refractivity contribution >= 4 is 27.8 Å². The number of amides is 1. The van der Waals surface area contributed by atoms with E-state index in [2.05, 4.69) is 15.9 Å². The Morgan fingerprint density at radius 2 is 2.16 bits per heavy atom. The van der Waals surface area contributed by atoms with E-state index in [0.717, 1.165) is 0 Å². The highest BCUT2D eigenvalue weighted by atomic mass is 79.9. The monoisotopic (exact) mass is 329 g/mol. The molecule has 0 spiro atoms. The van der Waals surface area contributed by atoms with Crippen LogP contribution in [0.1, 0.15) is 10.4 Å². The molecule has 1 aromatic carbocycles. The number of carboxylic acid groups (broad SMARTS) is 1. The number of hydrogen-bond donors (Lipinski definition) is 2. The van der Waals surface area contributed by atoms with Crippen molar-refractivity contribution in [2.24, 2.45) is 0 Å². The van der Waals surface area contributed by atoms with E-state index in [1.165, 1.54) is 17.0 Å². The molecule has 1 amide bonds. The van der Waals surface area contributed by atoms with Crippen molar-refractivity contribution < 1.29 is 24.5 Å². The minimum absolute atomic E-state index is 0.0433. The van der Waals surface area contributed by atoms with Crippen LogP contribution in [0.15, 0.2) is 22.7 Å². The van der Waals surface area contributed by atoms with Gasteiger partial charge in [0.15, 0.2) is 6.04 Å². The van der Waals surface area contributed by atoms with Crippen LogP contribution in [0.3, 0.4) is 0 Å². The third-order valence-electron chi connectivity index (χ3n) is 2.86. The molecular formula is C12H12BrNO5. The maximum atomic E-state index is 12.3. The number of morpholine rings is 1. The highest BCUT2D eigenvalue weighted by molar-refractivity contribution is 9.10. The van der Waals surface area contributed by atoms with E-state index in [0.29, 0.717) is 4.47 Å². The van der Waals surface area contributed by atoms with E-state index < -0.39 is 17.9 Å². The summed E-state index contributed by atoms with van der Waals surface area (Å²) in [5.74, 6) is -1.82. The lowest BCUT2D eigenvalue weighted by Crippen LogP contribution is -2.52. The van der Waals surface area contributed by atoms with Crippen LogP contribution in [0.4, 0.5) is 0 Å². The van der Waals surface area contributed by atoms with Gasteiger partial charge in [0.25, 0.3) is 5.91 Å². The second-order valence-electron chi connectivity index (χ2n) is 4.09. The van der Waals surface area contributed by atoms with E-state index >= 15 is 0 Å². The minimum atomic E-state index is -1.12. The second-order valence-corrected chi connectivity index (χ2v) is 5.00. The van der Waals surface area contributed by atoms with Gasteiger partial charge in [0.1, 0.15) is 5.75 Å². The first-order valence-electron chi connectivity index (χ1n) is 5.60. The van der Waals surface area contributed by atoms with Gasteiger partial charge in [0.05, 0.1) is 18.8 Å². The number of ether oxygens (including phenoxy) is 1. The van der Waals surface area contributed by atoms with Gasteiger partial charge in [-0.2, -0.15) is 0 Å². The number of carboxylic acids is 1. The number of phenolic OH excluding ortho intramolecular Hbond substituents is 1. The first kappa shape index (κ1) is 13.8. The van der Waals surface area contributed by atoms with Gasteiger partial charge in [-0.25, -0.2) is 4.79 Å². The van der Waals surface area contributed by atoms with E-state index in [1.54, 1.807) is 6.07 Å². The maximum absolute atomic E-state index is 12.3. The Kier molecular flexibility index (Phi) is 4.06. The Balaban J connectivity index is 2.28. The van der Waals surface area contributed by atoms with Crippen LogP contribution >= 0.6 is 15.9 Å². The summed E-state index contributed by atoms with van der Waals surface area (Å²) in [5.41, 5.74) is 0.0800. The van der Waals surface area contributed by atoms with Crippen LogP contribution in [0.2, 0.25) is 0 Å². The highest BCUT2D eigenvalue weighted by Crippen LogP contribution is 2.24. The Hall–Kier alpha value is -1.60. The average molecular weight is 330 g/mol. The molecule has 19 heavy (non-hydrogen) atoms. The summed E-state index contributed by atoms with van der Waals surface area (Å²) in [7, 11) is 0. The molecule has 6 nitrogen and oxygen atoms in total. The van der Waals surface area contributed by atoms with Crippen molar-refractivity contribution in [2.45, 2.75) is 6.04 Å². The van der Waals surface area contributed by atoms with Gasteiger partial charge in [-0.3, -0.25) is 4.79 Å². The predicted octanol–water partition coefficient (Wildman–Crippen LogP) is 1.08. The molecule has 2 rings (SSSR count). The molecule has 1 aliphatic rings. The number of carbonyl (C=O) groups excluding carboxylic acids is 1. The smallest absolute Gasteiger partial charge is 0.328 e. The first-order valence-corrected chi connectivity index (χ1v) is 6.40. The zero-order valence-electron chi connectivity index (χ0n) is 9.88. The molecule has 0 saturated carbocycles. The lowest BCUT2D eigenvalue weighted by Gasteiger charge is -2.33. The number of benzene rings is 1. The topological polar surface area (TPSA) is 87.1 Å². The van der Waals surface area contributed by atoms with Crippen molar-refractivity contribution in [2.75, 3.05) is 19.8 Å². The van der Waals surface area contributed by atoms with Gasteiger partial charge in [-0.1, -0.05) is 15.9 Å². The highest BCUT2D eigenvalue weighted by Gasteiger charge is 2.34. The fourth-order valence-electron chi connectivity index (χ4n) is 1.89. The zero-order valence-corrected chi connectivity index (χ0v) is 11.5. The van der Waals surface area contributed by atoms with E-state index in [4.69, 9.17) is 9.84 Å². The van der Waals surface area contributed by atoms with Crippen molar-refractivity contribution in [1.29, 1.82) is 0 Å². The molecule has 1 fully saturated rings. The molecule has 0 aliphatic carbocycles. The Morgan fingerprint density at radius 1 is 1.42 bits per heavy atom. The van der Waals surface area contributed by atoms with Crippen LogP contribution in [-0.4, -0.2) is 52.8 Å². The Labute approximate surface area is 117 Å². The summed E-state index contributed by atoms with van der Waals surface area (Å²) in [5, 5.41) is 18.8. The number of rotatable bonds is 2. The summed E-state index contributed by atoms with van der Waals surface area (Å²) in [4.78, 5) is 24.6. The third-order valence-corrected chi connectivity index (χ3v) is 3.36. The Bertz CT molecular complexity index is 519. The van der Waals surface area contributed by atoms with Crippen molar-refractivity contribution in [3.8, 4) is 5.75 Å². The van der Waals surface area contributed by atoms with Crippen molar-refractivity contribution in [1.82, 2.24) is 4.90 Å². The van der Waals surface area contributed by atoms with Gasteiger partial charge in [-0.15, -0.1) is 0 Å². The van der Waals surface area contributed by atoms with Crippen LogP contribution in [-0.2, 0) is 9.53 Å². The van der Waals surface area contributed by atoms with E-state index in [-0.39, 0.29) is 31.1 Å². The number of nitrogens with zero attached hydrogens (tertiary/aromatic N) is 1. The molecule has 1 aliphatic heterocycles. The summed E-state index contributed by atoms with van der Waals surface area (Å²) in [6.07, 6.45) is 0. The molecule has 2 N–H and O–H groups in total. The lowest BCUT2D eigenvalue weighted by molar-refractivity contribution is -0.147. The van der Waals surface area contributed by atoms with E-state index in [9.17, 15) is 14.7 Å². The van der Waals surface area contributed by atoms with Crippen molar-refractivity contribution in [3.05, 3.63) is 28.2 Å². The second kappa shape index (κ2) is 5.58. The predicted molar refractivity (Wildman–Crippen MR) is 69.1 cm³/mol. The van der Waals surface area contributed by atoms with Crippen LogP contribution in [0.25, 0.3) is 0 Å². The van der Waals surface area contributed by atoms with Crippen LogP contribution in [0, 0.1) is 0 Å². The fourth-order valence-corrected chi connectivity index (χ4v) is 2.24. The van der Waals surface area contributed by atoms with Gasteiger partial charge >= 0.3 is 5.97 Å². The molecule has 1 atom stereocenters. The molecule has 0 radical (unpaired) electrons. The van der Waals surface area contributed by atoms with Crippen LogP contribution in [0.5, 0.6) is 5.75 Å². The SMILES string of the molecule is O=C(O)C1COCCN1C(=O)c1ccc(Br)cc1O. The van der Waals surface area contributed by atoms with Gasteiger partial charge in [0, 0.05) is 11.0 Å². The molecule has 0 bridgehead atoms. The fraction of sp³-hybridized carbons (Fsp3) is 0.333. The molecule has 7 heteroatoms. The largest absolute Gasteiger partial charge is 0.507 e. The molecular weight excluding hydrogens is 318 g/mol. The first-order chi connectivity index (χ1) is 9.00. The van der Waals surface area contributed by atoms with Gasteiger partial charge < -0.3 is 19.8 Å². The number of aliphatic carboxylic acids is 1.